The lowest BCUT2D eigenvalue weighted by Crippen LogP contribution is -2.46. The highest BCUT2D eigenvalue weighted by atomic mass is 16.5. The van der Waals surface area contributed by atoms with Crippen LogP contribution in [0.15, 0.2) is 18.3 Å². The zero-order valence-electron chi connectivity index (χ0n) is 10.9. The number of aromatic nitrogens is 1. The van der Waals surface area contributed by atoms with Crippen LogP contribution in [0.2, 0.25) is 0 Å². The molecular weight excluding hydrogens is 246 g/mol. The number of carbonyl (C=O) groups excluding carboxylic acids is 1. The minimum Gasteiger partial charge on any atom is -0.374 e. The first-order chi connectivity index (χ1) is 9.19. The number of pyridine rings is 1. The maximum atomic E-state index is 11.9. The SMILES string of the molecule is CN1CCOC(CNC(=O)c2ccc(NN)cn2)C1. The van der Waals surface area contributed by atoms with E-state index in [-0.39, 0.29) is 12.0 Å². The molecule has 1 atom stereocenters. The monoisotopic (exact) mass is 265 g/mol. The second kappa shape index (κ2) is 6.46. The molecule has 1 saturated heterocycles. The van der Waals surface area contributed by atoms with Gasteiger partial charge in [0.2, 0.25) is 0 Å². The Kier molecular flexibility index (Phi) is 4.67. The van der Waals surface area contributed by atoms with Gasteiger partial charge in [-0.25, -0.2) is 4.98 Å². The summed E-state index contributed by atoms with van der Waals surface area (Å²) in [5, 5.41) is 2.82. The van der Waals surface area contributed by atoms with Gasteiger partial charge < -0.3 is 20.4 Å². The van der Waals surface area contributed by atoms with E-state index in [4.69, 9.17) is 10.6 Å². The molecule has 0 aliphatic carbocycles. The first-order valence-electron chi connectivity index (χ1n) is 6.20. The quantitative estimate of drug-likeness (QED) is 0.498. The standard InChI is InChI=1S/C12H19N5O2/c1-17-4-5-19-10(8-17)7-15-12(18)11-3-2-9(16-13)6-14-11/h2-3,6,10,16H,4-5,7-8,13H2,1H3,(H,15,18). The van der Waals surface area contributed by atoms with Crippen LogP contribution in [0, 0.1) is 0 Å². The molecule has 1 aromatic rings. The maximum absolute atomic E-state index is 11.9. The summed E-state index contributed by atoms with van der Waals surface area (Å²) in [4.78, 5) is 18.1. The number of carbonyl (C=O) groups is 1. The van der Waals surface area contributed by atoms with Gasteiger partial charge in [0.1, 0.15) is 5.69 Å². The Hall–Kier alpha value is -1.70. The van der Waals surface area contributed by atoms with Gasteiger partial charge in [0.05, 0.1) is 24.6 Å². The van der Waals surface area contributed by atoms with Crippen molar-refractivity contribution in [1.82, 2.24) is 15.2 Å². The molecular formula is C12H19N5O2. The van der Waals surface area contributed by atoms with Crippen LogP contribution in [0.25, 0.3) is 0 Å². The number of morpholine rings is 1. The van der Waals surface area contributed by atoms with Crippen LogP contribution in [-0.2, 0) is 4.74 Å². The summed E-state index contributed by atoms with van der Waals surface area (Å²) < 4.78 is 5.57. The van der Waals surface area contributed by atoms with Crippen molar-refractivity contribution in [3.63, 3.8) is 0 Å². The van der Waals surface area contributed by atoms with Crippen molar-refractivity contribution in [1.29, 1.82) is 0 Å². The zero-order valence-corrected chi connectivity index (χ0v) is 10.9. The first-order valence-corrected chi connectivity index (χ1v) is 6.20. The molecule has 104 valence electrons. The molecule has 1 amide bonds. The summed E-state index contributed by atoms with van der Waals surface area (Å²) in [6.07, 6.45) is 1.55. The number of hydrazine groups is 1. The third-order valence-corrected chi connectivity index (χ3v) is 2.99. The highest BCUT2D eigenvalue weighted by molar-refractivity contribution is 5.92. The molecule has 2 rings (SSSR count). The normalized spacial score (nSPS) is 20.0. The number of amides is 1. The van der Waals surface area contributed by atoms with Crippen LogP contribution >= 0.6 is 0 Å². The van der Waals surface area contributed by atoms with Crippen molar-refractivity contribution in [2.75, 3.05) is 38.7 Å². The molecule has 0 aromatic carbocycles. The summed E-state index contributed by atoms with van der Waals surface area (Å²) in [7, 11) is 2.04. The maximum Gasteiger partial charge on any atom is 0.269 e. The molecule has 0 radical (unpaired) electrons. The molecule has 1 aliphatic heterocycles. The van der Waals surface area contributed by atoms with Crippen molar-refractivity contribution in [2.45, 2.75) is 6.10 Å². The molecule has 1 fully saturated rings. The smallest absolute Gasteiger partial charge is 0.269 e. The van der Waals surface area contributed by atoms with Crippen LogP contribution in [0.1, 0.15) is 10.5 Å². The number of nitrogens with two attached hydrogens (primary N) is 1. The average Bonchev–Trinajstić information content (AvgIpc) is 2.45. The van der Waals surface area contributed by atoms with E-state index < -0.39 is 0 Å². The molecule has 1 aliphatic rings. The number of anilines is 1. The van der Waals surface area contributed by atoms with Gasteiger partial charge in [0, 0.05) is 19.6 Å². The number of nitrogens with zero attached hydrogens (tertiary/aromatic N) is 2. The van der Waals surface area contributed by atoms with E-state index in [1.165, 1.54) is 6.20 Å². The van der Waals surface area contributed by atoms with Gasteiger partial charge in [-0.2, -0.15) is 0 Å². The predicted octanol–water partition coefficient (Wildman–Crippen LogP) is -0.572. The van der Waals surface area contributed by atoms with Crippen LogP contribution < -0.4 is 16.6 Å². The van der Waals surface area contributed by atoms with E-state index in [0.29, 0.717) is 24.5 Å². The van der Waals surface area contributed by atoms with Gasteiger partial charge in [-0.1, -0.05) is 0 Å². The van der Waals surface area contributed by atoms with Gasteiger partial charge in [-0.3, -0.25) is 10.6 Å². The third-order valence-electron chi connectivity index (χ3n) is 2.99. The lowest BCUT2D eigenvalue weighted by atomic mass is 10.2. The second-order valence-corrected chi connectivity index (χ2v) is 4.54. The number of ether oxygens (including phenoxy) is 1. The molecule has 0 bridgehead atoms. The van der Waals surface area contributed by atoms with E-state index in [1.807, 2.05) is 7.05 Å². The fourth-order valence-corrected chi connectivity index (χ4v) is 1.90. The van der Waals surface area contributed by atoms with Crippen molar-refractivity contribution in [2.24, 2.45) is 5.84 Å². The van der Waals surface area contributed by atoms with Gasteiger partial charge >= 0.3 is 0 Å². The Morgan fingerprint density at radius 2 is 2.47 bits per heavy atom. The number of hydrogen-bond donors (Lipinski definition) is 3. The Bertz CT molecular complexity index is 423. The highest BCUT2D eigenvalue weighted by Crippen LogP contribution is 2.05. The van der Waals surface area contributed by atoms with Crippen LogP contribution in [0.3, 0.4) is 0 Å². The summed E-state index contributed by atoms with van der Waals surface area (Å²) in [6.45, 7) is 2.94. The minimum atomic E-state index is -0.208. The van der Waals surface area contributed by atoms with Gasteiger partial charge in [0.25, 0.3) is 5.91 Å². The van der Waals surface area contributed by atoms with Crippen molar-refractivity contribution in [3.8, 4) is 0 Å². The van der Waals surface area contributed by atoms with E-state index in [9.17, 15) is 4.79 Å². The van der Waals surface area contributed by atoms with Crippen molar-refractivity contribution >= 4 is 11.6 Å². The largest absolute Gasteiger partial charge is 0.374 e. The van der Waals surface area contributed by atoms with Crippen molar-refractivity contribution < 1.29 is 9.53 Å². The highest BCUT2D eigenvalue weighted by Gasteiger charge is 2.18. The zero-order chi connectivity index (χ0) is 13.7. The Morgan fingerprint density at radius 3 is 3.11 bits per heavy atom. The average molecular weight is 265 g/mol. The second-order valence-electron chi connectivity index (χ2n) is 4.54. The van der Waals surface area contributed by atoms with E-state index in [2.05, 4.69) is 20.6 Å². The molecule has 1 unspecified atom stereocenters. The predicted molar refractivity (Wildman–Crippen MR) is 71.6 cm³/mol. The van der Waals surface area contributed by atoms with E-state index in [0.717, 1.165) is 13.1 Å². The number of rotatable bonds is 4. The van der Waals surface area contributed by atoms with Crippen molar-refractivity contribution in [3.05, 3.63) is 24.0 Å². The molecule has 0 spiro atoms. The summed E-state index contributed by atoms with van der Waals surface area (Å²) >= 11 is 0. The number of hydrogen-bond acceptors (Lipinski definition) is 6. The van der Waals surface area contributed by atoms with Gasteiger partial charge in [-0.05, 0) is 19.2 Å². The summed E-state index contributed by atoms with van der Waals surface area (Å²) in [5.74, 6) is 5.03. The van der Waals surface area contributed by atoms with Crippen LogP contribution in [0.4, 0.5) is 5.69 Å². The number of likely N-dealkylation sites (N-methyl/N-ethyl adjacent to an activating group) is 1. The van der Waals surface area contributed by atoms with Crippen LogP contribution in [-0.4, -0.2) is 55.2 Å². The first kappa shape index (κ1) is 13.7. The molecule has 0 saturated carbocycles. The topological polar surface area (TPSA) is 92.5 Å². The van der Waals surface area contributed by atoms with Crippen LogP contribution in [0.5, 0.6) is 0 Å². The molecule has 1 aromatic heterocycles. The molecule has 7 nitrogen and oxygen atoms in total. The number of nitrogens with one attached hydrogen (secondary N) is 2. The molecule has 4 N–H and O–H groups in total. The fourth-order valence-electron chi connectivity index (χ4n) is 1.90. The lowest BCUT2D eigenvalue weighted by molar-refractivity contribution is -0.0175. The molecule has 19 heavy (non-hydrogen) atoms. The summed E-state index contributed by atoms with van der Waals surface area (Å²) in [5.41, 5.74) is 3.49. The van der Waals surface area contributed by atoms with Gasteiger partial charge in [-0.15, -0.1) is 0 Å². The van der Waals surface area contributed by atoms with E-state index >= 15 is 0 Å². The minimum absolute atomic E-state index is 0.0349. The number of nitrogen functional groups attached to an aromatic ring is 1. The fraction of sp³-hybridized carbons (Fsp3) is 0.500. The third kappa shape index (κ3) is 3.88. The van der Waals surface area contributed by atoms with Gasteiger partial charge in [0.15, 0.2) is 0 Å². The molecule has 7 heteroatoms. The molecule has 2 heterocycles. The Labute approximate surface area is 112 Å². The summed E-state index contributed by atoms with van der Waals surface area (Å²) in [6, 6.07) is 3.32. The van der Waals surface area contributed by atoms with E-state index in [1.54, 1.807) is 12.1 Å². The Balaban J connectivity index is 1.83. The lowest BCUT2D eigenvalue weighted by Gasteiger charge is -2.30. The Morgan fingerprint density at radius 1 is 1.63 bits per heavy atom.